The molecule has 158 valence electrons. The van der Waals surface area contributed by atoms with E-state index in [1.807, 2.05) is 46.8 Å². The zero-order valence-electron chi connectivity index (χ0n) is 18.4. The summed E-state index contributed by atoms with van der Waals surface area (Å²) >= 11 is 0. The summed E-state index contributed by atoms with van der Waals surface area (Å²) in [6, 6.07) is 0. The van der Waals surface area contributed by atoms with E-state index in [1.165, 1.54) is 6.08 Å². The fraction of sp³-hybridized carbons (Fsp3) is 0.696. The lowest BCUT2D eigenvalue weighted by Crippen LogP contribution is -2.53. The van der Waals surface area contributed by atoms with Crippen LogP contribution in [0.3, 0.4) is 0 Å². The second-order valence-electron chi connectivity index (χ2n) is 8.67. The van der Waals surface area contributed by atoms with Gasteiger partial charge in [-0.2, -0.15) is 0 Å². The fourth-order valence-electron chi connectivity index (χ4n) is 4.19. The normalized spacial score (nSPS) is 35.4. The Bertz CT molecular complexity index is 662. The largest absolute Gasteiger partial charge is 0.463 e. The van der Waals surface area contributed by atoms with Gasteiger partial charge in [-0.3, -0.25) is 0 Å². The first-order chi connectivity index (χ1) is 13.0. The summed E-state index contributed by atoms with van der Waals surface area (Å²) in [6.45, 7) is 14.1. The molecule has 0 radical (unpaired) electrons. The van der Waals surface area contributed by atoms with Gasteiger partial charge in [0, 0.05) is 17.9 Å². The second kappa shape index (κ2) is 8.52. The standard InChI is InChI=1S/C23H36O5/c1-8-10-19(13-20(24)26-9-2)11-12-23(25)16(3)14-22(15-21(23,6)7)27-17(4)18(5)28-22/h11-14,17-18,25H,8-10,15H2,1-7H3/b12-11+,19-13-. The van der Waals surface area contributed by atoms with Crippen LogP contribution in [0.15, 0.2) is 35.5 Å². The van der Waals surface area contributed by atoms with Crippen molar-refractivity contribution >= 4 is 5.97 Å². The van der Waals surface area contributed by atoms with Crippen molar-refractivity contribution in [1.82, 2.24) is 0 Å². The molecule has 2 aliphatic rings. The summed E-state index contributed by atoms with van der Waals surface area (Å²) in [5.41, 5.74) is -0.0586. The number of rotatable bonds is 6. The van der Waals surface area contributed by atoms with Crippen molar-refractivity contribution < 1.29 is 24.1 Å². The van der Waals surface area contributed by atoms with Crippen molar-refractivity contribution in [3.05, 3.63) is 35.5 Å². The Morgan fingerprint density at radius 3 is 2.39 bits per heavy atom. The molecule has 5 nitrogen and oxygen atoms in total. The minimum atomic E-state index is -1.17. The summed E-state index contributed by atoms with van der Waals surface area (Å²) in [6.07, 6.45) is 9.25. The molecule has 0 amide bonds. The number of hydrogen-bond donors (Lipinski definition) is 1. The van der Waals surface area contributed by atoms with Gasteiger partial charge in [-0.05, 0) is 57.4 Å². The second-order valence-corrected chi connectivity index (χ2v) is 8.67. The number of ether oxygens (including phenoxy) is 3. The van der Waals surface area contributed by atoms with Gasteiger partial charge in [-0.1, -0.05) is 33.3 Å². The van der Waals surface area contributed by atoms with E-state index in [9.17, 15) is 9.90 Å². The van der Waals surface area contributed by atoms with E-state index < -0.39 is 16.8 Å². The van der Waals surface area contributed by atoms with Gasteiger partial charge in [-0.25, -0.2) is 4.79 Å². The maximum Gasteiger partial charge on any atom is 0.331 e. The number of hydrogen-bond acceptors (Lipinski definition) is 5. The molecule has 3 atom stereocenters. The van der Waals surface area contributed by atoms with E-state index in [1.54, 1.807) is 13.0 Å². The van der Waals surface area contributed by atoms with Gasteiger partial charge in [0.2, 0.25) is 0 Å². The zero-order chi connectivity index (χ0) is 21.2. The van der Waals surface area contributed by atoms with Crippen LogP contribution in [-0.2, 0) is 19.0 Å². The Balaban J connectivity index is 2.35. The molecule has 1 aliphatic carbocycles. The summed E-state index contributed by atoms with van der Waals surface area (Å²) in [5, 5.41) is 11.6. The van der Waals surface area contributed by atoms with E-state index in [0.717, 1.165) is 24.0 Å². The smallest absolute Gasteiger partial charge is 0.331 e. The molecular formula is C23H36O5. The molecular weight excluding hydrogens is 356 g/mol. The summed E-state index contributed by atoms with van der Waals surface area (Å²) in [7, 11) is 0. The highest BCUT2D eigenvalue weighted by atomic mass is 16.8. The lowest BCUT2D eigenvalue weighted by molar-refractivity contribution is -0.183. The summed E-state index contributed by atoms with van der Waals surface area (Å²) in [5.74, 6) is -1.15. The van der Waals surface area contributed by atoms with Crippen LogP contribution in [0.2, 0.25) is 0 Å². The maximum atomic E-state index is 11.8. The highest BCUT2D eigenvalue weighted by Crippen LogP contribution is 2.52. The van der Waals surface area contributed by atoms with Crippen molar-refractivity contribution in [2.45, 2.75) is 91.3 Å². The Kier molecular flexibility index (Phi) is 6.95. The van der Waals surface area contributed by atoms with Crippen LogP contribution < -0.4 is 0 Å². The molecule has 0 bridgehead atoms. The molecule has 28 heavy (non-hydrogen) atoms. The van der Waals surface area contributed by atoms with Crippen LogP contribution in [0.1, 0.15) is 67.7 Å². The van der Waals surface area contributed by atoms with Crippen molar-refractivity contribution in [2.75, 3.05) is 6.61 Å². The Hall–Kier alpha value is -1.43. The van der Waals surface area contributed by atoms with Gasteiger partial charge in [0.05, 0.1) is 18.8 Å². The molecule has 2 rings (SSSR count). The van der Waals surface area contributed by atoms with Crippen molar-refractivity contribution in [3.8, 4) is 0 Å². The maximum absolute atomic E-state index is 11.8. The minimum Gasteiger partial charge on any atom is -0.463 e. The Labute approximate surface area is 169 Å². The van der Waals surface area contributed by atoms with E-state index in [2.05, 4.69) is 6.92 Å². The SMILES string of the molecule is CCCC(=C/C(=O)OCC)/C=C/C1(O)C(C)=CC2(CC1(C)C)OC(C)C(C)O2. The molecule has 0 aromatic heterocycles. The fourth-order valence-corrected chi connectivity index (χ4v) is 4.19. The molecule has 3 unspecified atom stereocenters. The monoisotopic (exact) mass is 392 g/mol. The first-order valence-corrected chi connectivity index (χ1v) is 10.3. The van der Waals surface area contributed by atoms with Crippen molar-refractivity contribution in [2.24, 2.45) is 5.41 Å². The lowest BCUT2D eigenvalue weighted by Gasteiger charge is -2.49. The highest BCUT2D eigenvalue weighted by molar-refractivity contribution is 5.83. The molecule has 1 heterocycles. The number of carbonyl (C=O) groups excluding carboxylic acids is 1. The average molecular weight is 393 g/mol. The number of esters is 1. The first-order valence-electron chi connectivity index (χ1n) is 10.3. The molecule has 5 heteroatoms. The van der Waals surface area contributed by atoms with Crippen LogP contribution in [0, 0.1) is 5.41 Å². The molecule has 1 fully saturated rings. The lowest BCUT2D eigenvalue weighted by atomic mass is 9.63. The Morgan fingerprint density at radius 1 is 1.29 bits per heavy atom. The van der Waals surface area contributed by atoms with E-state index >= 15 is 0 Å². The van der Waals surface area contributed by atoms with Gasteiger partial charge >= 0.3 is 5.97 Å². The van der Waals surface area contributed by atoms with E-state index in [-0.39, 0.29) is 18.2 Å². The van der Waals surface area contributed by atoms with E-state index in [0.29, 0.717) is 13.0 Å². The van der Waals surface area contributed by atoms with Gasteiger partial charge in [0.15, 0.2) is 5.79 Å². The van der Waals surface area contributed by atoms with E-state index in [4.69, 9.17) is 14.2 Å². The quantitative estimate of drug-likeness (QED) is 0.313. The predicted octanol–water partition coefficient (Wildman–Crippen LogP) is 4.46. The molecule has 0 saturated carbocycles. The topological polar surface area (TPSA) is 65.0 Å². The number of carbonyl (C=O) groups is 1. The number of aliphatic hydroxyl groups is 1. The minimum absolute atomic E-state index is 0.00486. The van der Waals surface area contributed by atoms with Gasteiger partial charge in [0.25, 0.3) is 0 Å². The van der Waals surface area contributed by atoms with Crippen molar-refractivity contribution in [3.63, 3.8) is 0 Å². The third kappa shape index (κ3) is 4.58. The van der Waals surface area contributed by atoms with Crippen LogP contribution in [0.25, 0.3) is 0 Å². The molecule has 1 aliphatic heterocycles. The molecule has 0 aromatic carbocycles. The van der Waals surface area contributed by atoms with Crippen LogP contribution in [0.4, 0.5) is 0 Å². The number of allylic oxidation sites excluding steroid dienone is 2. The highest BCUT2D eigenvalue weighted by Gasteiger charge is 2.56. The summed E-state index contributed by atoms with van der Waals surface area (Å²) < 4.78 is 17.3. The summed E-state index contributed by atoms with van der Waals surface area (Å²) in [4.78, 5) is 11.8. The molecule has 1 spiro atoms. The van der Waals surface area contributed by atoms with Gasteiger partial charge < -0.3 is 19.3 Å². The van der Waals surface area contributed by atoms with Crippen LogP contribution >= 0.6 is 0 Å². The zero-order valence-corrected chi connectivity index (χ0v) is 18.4. The molecule has 1 saturated heterocycles. The molecule has 0 aromatic rings. The van der Waals surface area contributed by atoms with Crippen LogP contribution in [0.5, 0.6) is 0 Å². The third-order valence-electron chi connectivity index (χ3n) is 5.86. The predicted molar refractivity (Wildman–Crippen MR) is 110 cm³/mol. The third-order valence-corrected chi connectivity index (χ3v) is 5.86. The first kappa shape index (κ1) is 22.9. The Morgan fingerprint density at radius 2 is 1.89 bits per heavy atom. The van der Waals surface area contributed by atoms with Gasteiger partial charge in [-0.15, -0.1) is 0 Å². The van der Waals surface area contributed by atoms with Gasteiger partial charge in [0.1, 0.15) is 5.60 Å². The average Bonchev–Trinajstić information content (AvgIpc) is 2.84. The van der Waals surface area contributed by atoms with Crippen molar-refractivity contribution in [1.29, 1.82) is 0 Å². The van der Waals surface area contributed by atoms with Crippen LogP contribution in [-0.4, -0.2) is 41.3 Å². The molecule has 1 N–H and O–H groups in total.